The zero-order valence-electron chi connectivity index (χ0n) is 13.5. The maximum absolute atomic E-state index is 6.16. The van der Waals surface area contributed by atoms with Gasteiger partial charge in [-0.2, -0.15) is 0 Å². The van der Waals surface area contributed by atoms with Crippen molar-refractivity contribution in [1.82, 2.24) is 4.90 Å². The van der Waals surface area contributed by atoms with Crippen LogP contribution in [0, 0.1) is 0 Å². The molecule has 0 aromatic heterocycles. The number of likely N-dealkylation sites (N-methyl/N-ethyl adjacent to an activating group) is 1. The number of benzene rings is 1. The van der Waals surface area contributed by atoms with Crippen molar-refractivity contribution in [2.45, 2.75) is 31.7 Å². The van der Waals surface area contributed by atoms with Gasteiger partial charge in [-0.1, -0.05) is 6.07 Å². The first-order valence-electron chi connectivity index (χ1n) is 7.80. The van der Waals surface area contributed by atoms with Crippen LogP contribution in [0.2, 0.25) is 0 Å². The Morgan fingerprint density at radius 1 is 1.33 bits per heavy atom. The Labute approximate surface area is 128 Å². The number of ether oxygens (including phenoxy) is 2. The molecule has 1 unspecified atom stereocenters. The Kier molecular flexibility index (Phi) is 5.62. The van der Waals surface area contributed by atoms with Crippen molar-refractivity contribution < 1.29 is 9.47 Å². The van der Waals surface area contributed by atoms with Crippen LogP contribution in [-0.2, 0) is 17.6 Å². The summed E-state index contributed by atoms with van der Waals surface area (Å²) in [6.45, 7) is 5.15. The van der Waals surface area contributed by atoms with Gasteiger partial charge < -0.3 is 15.2 Å². The molecule has 0 saturated carbocycles. The van der Waals surface area contributed by atoms with Crippen LogP contribution in [0.3, 0.4) is 0 Å². The molecule has 1 aliphatic carbocycles. The van der Waals surface area contributed by atoms with E-state index in [0.29, 0.717) is 6.54 Å². The molecule has 0 fully saturated rings. The number of methoxy groups -OCH3 is 1. The van der Waals surface area contributed by atoms with Gasteiger partial charge in [0.05, 0.1) is 13.7 Å². The highest BCUT2D eigenvalue weighted by Gasteiger charge is 2.36. The van der Waals surface area contributed by atoms with Crippen molar-refractivity contribution in [3.05, 3.63) is 29.3 Å². The van der Waals surface area contributed by atoms with Crippen molar-refractivity contribution in [2.24, 2.45) is 5.73 Å². The molecular formula is C17H28N2O2. The number of nitrogens with two attached hydrogens (primary N) is 1. The fourth-order valence-electron chi connectivity index (χ4n) is 3.19. The van der Waals surface area contributed by atoms with E-state index in [4.69, 9.17) is 15.2 Å². The van der Waals surface area contributed by atoms with Gasteiger partial charge in [0.1, 0.15) is 5.75 Å². The van der Waals surface area contributed by atoms with Crippen LogP contribution in [0.15, 0.2) is 18.2 Å². The van der Waals surface area contributed by atoms with Crippen LogP contribution in [-0.4, -0.2) is 50.9 Å². The second-order valence-corrected chi connectivity index (χ2v) is 5.86. The summed E-state index contributed by atoms with van der Waals surface area (Å²) < 4.78 is 10.8. The molecule has 21 heavy (non-hydrogen) atoms. The summed E-state index contributed by atoms with van der Waals surface area (Å²) in [5.41, 5.74) is 8.99. The lowest BCUT2D eigenvalue weighted by molar-refractivity contribution is 0.0593. The Hall–Kier alpha value is -1.10. The van der Waals surface area contributed by atoms with Crippen LogP contribution >= 0.6 is 0 Å². The van der Waals surface area contributed by atoms with Crippen LogP contribution < -0.4 is 10.5 Å². The third kappa shape index (κ3) is 3.57. The molecule has 4 nitrogen and oxygen atoms in total. The smallest absolute Gasteiger partial charge is 0.119 e. The lowest BCUT2D eigenvalue weighted by Crippen LogP contribution is -2.56. The predicted octanol–water partition coefficient (Wildman–Crippen LogP) is 1.85. The molecule has 2 N–H and O–H groups in total. The second-order valence-electron chi connectivity index (χ2n) is 5.86. The lowest BCUT2D eigenvalue weighted by atomic mass is 9.77. The summed E-state index contributed by atoms with van der Waals surface area (Å²) in [4.78, 5) is 2.38. The normalized spacial score (nSPS) is 21.4. The molecule has 0 aliphatic heterocycles. The minimum absolute atomic E-state index is 0.0382. The summed E-state index contributed by atoms with van der Waals surface area (Å²) in [7, 11) is 3.88. The summed E-state index contributed by atoms with van der Waals surface area (Å²) in [6, 6.07) is 6.40. The molecule has 0 amide bonds. The van der Waals surface area contributed by atoms with Gasteiger partial charge in [0.25, 0.3) is 0 Å². The number of rotatable bonds is 7. The van der Waals surface area contributed by atoms with Crippen molar-refractivity contribution in [1.29, 1.82) is 0 Å². The number of hydrogen-bond donors (Lipinski definition) is 1. The monoisotopic (exact) mass is 292 g/mol. The van der Waals surface area contributed by atoms with Gasteiger partial charge in [-0.25, -0.2) is 0 Å². The Bertz CT molecular complexity index is 464. The lowest BCUT2D eigenvalue weighted by Gasteiger charge is -2.44. The molecule has 0 saturated heterocycles. The molecule has 0 radical (unpaired) electrons. The van der Waals surface area contributed by atoms with E-state index >= 15 is 0 Å². The number of hydrogen-bond acceptors (Lipinski definition) is 4. The second kappa shape index (κ2) is 7.25. The topological polar surface area (TPSA) is 47.7 Å². The Morgan fingerprint density at radius 2 is 2.14 bits per heavy atom. The van der Waals surface area contributed by atoms with Gasteiger partial charge in [0.15, 0.2) is 0 Å². The first kappa shape index (κ1) is 16.3. The van der Waals surface area contributed by atoms with Crippen LogP contribution in [0.5, 0.6) is 5.75 Å². The molecule has 2 rings (SSSR count). The van der Waals surface area contributed by atoms with Crippen molar-refractivity contribution in [2.75, 3.05) is 40.5 Å². The minimum atomic E-state index is 0.0382. The zero-order chi connectivity index (χ0) is 15.3. The van der Waals surface area contributed by atoms with E-state index in [9.17, 15) is 0 Å². The molecular weight excluding hydrogens is 264 g/mol. The number of nitrogens with zero attached hydrogens (tertiary/aromatic N) is 1. The first-order chi connectivity index (χ1) is 10.1. The highest BCUT2D eigenvalue weighted by atomic mass is 16.5. The maximum Gasteiger partial charge on any atom is 0.119 e. The van der Waals surface area contributed by atoms with Gasteiger partial charge in [-0.15, -0.1) is 0 Å². The first-order valence-corrected chi connectivity index (χ1v) is 7.80. The Morgan fingerprint density at radius 3 is 2.81 bits per heavy atom. The number of fused-ring (bicyclic) bond motifs is 1. The van der Waals surface area contributed by atoms with Crippen molar-refractivity contribution in [3.8, 4) is 5.75 Å². The highest BCUT2D eigenvalue weighted by molar-refractivity contribution is 5.39. The molecule has 1 aliphatic rings. The third-order valence-corrected chi connectivity index (χ3v) is 4.76. The largest absolute Gasteiger partial charge is 0.497 e. The van der Waals surface area contributed by atoms with E-state index in [0.717, 1.165) is 44.8 Å². The van der Waals surface area contributed by atoms with Gasteiger partial charge in [-0.05, 0) is 56.5 Å². The molecule has 1 atom stereocenters. The fraction of sp³-hybridized carbons (Fsp3) is 0.647. The molecule has 0 spiro atoms. The quantitative estimate of drug-likeness (QED) is 0.779. The van der Waals surface area contributed by atoms with Gasteiger partial charge in [-0.3, -0.25) is 4.90 Å². The van der Waals surface area contributed by atoms with Crippen LogP contribution in [0.1, 0.15) is 24.5 Å². The molecule has 0 heterocycles. The average Bonchev–Trinajstić information content (AvgIpc) is 2.53. The van der Waals surface area contributed by atoms with E-state index in [1.54, 1.807) is 7.11 Å². The number of aryl methyl sites for hydroxylation is 1. The van der Waals surface area contributed by atoms with Gasteiger partial charge >= 0.3 is 0 Å². The molecule has 1 aromatic carbocycles. The van der Waals surface area contributed by atoms with Gasteiger partial charge in [0.2, 0.25) is 0 Å². The minimum Gasteiger partial charge on any atom is -0.497 e. The van der Waals surface area contributed by atoms with E-state index in [1.807, 2.05) is 13.0 Å². The van der Waals surface area contributed by atoms with Crippen LogP contribution in [0.4, 0.5) is 0 Å². The van der Waals surface area contributed by atoms with E-state index < -0.39 is 0 Å². The van der Waals surface area contributed by atoms with E-state index in [1.165, 1.54) is 11.1 Å². The summed E-state index contributed by atoms with van der Waals surface area (Å²) >= 11 is 0. The fourth-order valence-corrected chi connectivity index (χ4v) is 3.19. The zero-order valence-corrected chi connectivity index (χ0v) is 13.5. The highest BCUT2D eigenvalue weighted by Crippen LogP contribution is 2.33. The molecule has 4 heteroatoms. The summed E-state index contributed by atoms with van der Waals surface area (Å²) in [5.74, 6) is 0.929. The summed E-state index contributed by atoms with van der Waals surface area (Å²) in [5, 5.41) is 0. The van der Waals surface area contributed by atoms with E-state index in [-0.39, 0.29) is 5.54 Å². The molecule has 1 aromatic rings. The van der Waals surface area contributed by atoms with Gasteiger partial charge in [0, 0.05) is 25.2 Å². The molecule has 0 bridgehead atoms. The SMILES string of the molecule is CCOCCN(C)C1(CN)CCc2ccc(OC)cc2C1. The Balaban J connectivity index is 2.14. The van der Waals surface area contributed by atoms with Crippen molar-refractivity contribution in [3.63, 3.8) is 0 Å². The third-order valence-electron chi connectivity index (χ3n) is 4.76. The maximum atomic E-state index is 6.16. The average molecular weight is 292 g/mol. The standard InChI is InChI=1S/C17H28N2O2/c1-4-21-10-9-19(2)17(13-18)8-7-14-5-6-16(20-3)11-15(14)12-17/h5-6,11H,4,7-10,12-13,18H2,1-3H3. The van der Waals surface area contributed by atoms with E-state index in [2.05, 4.69) is 24.1 Å². The van der Waals surface area contributed by atoms with Crippen molar-refractivity contribution >= 4 is 0 Å². The predicted molar refractivity (Wildman–Crippen MR) is 85.9 cm³/mol. The summed E-state index contributed by atoms with van der Waals surface area (Å²) in [6.07, 6.45) is 3.17. The van der Waals surface area contributed by atoms with Crippen LogP contribution in [0.25, 0.3) is 0 Å². The molecule has 118 valence electrons.